The molecule has 0 spiro atoms. The van der Waals surface area contributed by atoms with Gasteiger partial charge < -0.3 is 4.74 Å². The van der Waals surface area contributed by atoms with Crippen LogP contribution in [0.4, 0.5) is 4.39 Å². The molecule has 166 valence electrons. The highest BCUT2D eigenvalue weighted by Crippen LogP contribution is 2.48. The maximum Gasteiger partial charge on any atom is 0.119 e. The van der Waals surface area contributed by atoms with E-state index in [1.807, 2.05) is 6.08 Å². The van der Waals surface area contributed by atoms with Crippen molar-refractivity contribution in [1.82, 2.24) is 0 Å². The van der Waals surface area contributed by atoms with Gasteiger partial charge in [-0.25, -0.2) is 4.39 Å². The highest BCUT2D eigenvalue weighted by atomic mass is 19.1. The minimum absolute atomic E-state index is 0.498. The SMILES string of the molecule is CCCCCCOc1ccc2c(c1)CCC(C1CCC3CC(C=CF)CCC3C1)C2. The highest BCUT2D eigenvalue weighted by molar-refractivity contribution is 5.37. The standard InChI is InChI=1S/C28H41FO/c1-2-3-4-5-16-30-28-13-12-26-19-25(10-11-27(26)20-28)24-9-8-22-17-21(14-15-29)6-7-23(22)18-24/h12-15,20-25H,2-11,16-19H2,1H3. The zero-order valence-corrected chi connectivity index (χ0v) is 19.0. The topological polar surface area (TPSA) is 9.23 Å². The van der Waals surface area contributed by atoms with E-state index in [-0.39, 0.29) is 0 Å². The molecular formula is C28H41FO. The van der Waals surface area contributed by atoms with Crippen LogP contribution < -0.4 is 4.74 Å². The Kier molecular flexibility index (Phi) is 7.90. The molecule has 3 aliphatic rings. The molecule has 0 N–H and O–H groups in total. The molecule has 1 nitrogen and oxygen atoms in total. The Morgan fingerprint density at radius 2 is 1.70 bits per heavy atom. The molecule has 1 aromatic carbocycles. The van der Waals surface area contributed by atoms with E-state index < -0.39 is 0 Å². The molecule has 0 aromatic heterocycles. The molecule has 0 amide bonds. The quantitative estimate of drug-likeness (QED) is 0.392. The second-order valence-electron chi connectivity index (χ2n) is 10.3. The normalized spacial score (nSPS) is 31.3. The summed E-state index contributed by atoms with van der Waals surface area (Å²) >= 11 is 0. The van der Waals surface area contributed by atoms with E-state index in [1.165, 1.54) is 89.0 Å². The van der Waals surface area contributed by atoms with Crippen LogP contribution in [0.3, 0.4) is 0 Å². The van der Waals surface area contributed by atoms with Crippen LogP contribution in [0.5, 0.6) is 5.75 Å². The molecule has 2 fully saturated rings. The zero-order valence-electron chi connectivity index (χ0n) is 19.0. The Labute approximate surface area is 183 Å². The van der Waals surface area contributed by atoms with Gasteiger partial charge in [-0.05, 0) is 117 Å². The average molecular weight is 413 g/mol. The van der Waals surface area contributed by atoms with E-state index in [4.69, 9.17) is 4.74 Å². The van der Waals surface area contributed by atoms with Crippen LogP contribution in [-0.2, 0) is 12.8 Å². The first-order valence-electron chi connectivity index (χ1n) is 12.8. The van der Waals surface area contributed by atoms with Crippen molar-refractivity contribution < 1.29 is 9.13 Å². The Morgan fingerprint density at radius 1 is 0.900 bits per heavy atom. The molecule has 1 aromatic rings. The maximum absolute atomic E-state index is 12.6. The van der Waals surface area contributed by atoms with Crippen LogP contribution in [-0.4, -0.2) is 6.61 Å². The van der Waals surface area contributed by atoms with Crippen molar-refractivity contribution in [2.45, 2.75) is 90.4 Å². The van der Waals surface area contributed by atoms with E-state index >= 15 is 0 Å². The summed E-state index contributed by atoms with van der Waals surface area (Å²) in [6.45, 7) is 3.11. The Morgan fingerprint density at radius 3 is 2.53 bits per heavy atom. The van der Waals surface area contributed by atoms with Gasteiger partial charge in [0.25, 0.3) is 0 Å². The first-order chi connectivity index (χ1) is 14.8. The lowest BCUT2D eigenvalue weighted by atomic mass is 9.61. The van der Waals surface area contributed by atoms with Gasteiger partial charge in [-0.3, -0.25) is 0 Å². The summed E-state index contributed by atoms with van der Waals surface area (Å²) in [7, 11) is 0. The lowest BCUT2D eigenvalue weighted by molar-refractivity contribution is 0.0809. The van der Waals surface area contributed by atoms with Crippen molar-refractivity contribution in [3.63, 3.8) is 0 Å². The van der Waals surface area contributed by atoms with Crippen molar-refractivity contribution in [3.05, 3.63) is 41.7 Å². The fraction of sp³-hybridized carbons (Fsp3) is 0.714. The predicted molar refractivity (Wildman–Crippen MR) is 124 cm³/mol. The van der Waals surface area contributed by atoms with E-state index in [2.05, 4.69) is 25.1 Å². The van der Waals surface area contributed by atoms with Crippen molar-refractivity contribution >= 4 is 0 Å². The summed E-state index contributed by atoms with van der Waals surface area (Å²) in [6.07, 6.45) is 19.4. The fourth-order valence-corrected chi connectivity index (χ4v) is 6.64. The van der Waals surface area contributed by atoms with Crippen LogP contribution >= 0.6 is 0 Å². The smallest absolute Gasteiger partial charge is 0.119 e. The number of fused-ring (bicyclic) bond motifs is 2. The molecule has 4 rings (SSSR count). The van der Waals surface area contributed by atoms with Crippen LogP contribution in [0.1, 0.15) is 88.7 Å². The van der Waals surface area contributed by atoms with E-state index in [9.17, 15) is 4.39 Å². The van der Waals surface area contributed by atoms with E-state index in [0.717, 1.165) is 42.4 Å². The first kappa shape index (κ1) is 21.9. The third-order valence-corrected chi connectivity index (χ3v) is 8.42. The third kappa shape index (κ3) is 5.48. The summed E-state index contributed by atoms with van der Waals surface area (Å²) in [5.74, 6) is 5.09. The number of ether oxygens (including phenoxy) is 1. The highest BCUT2D eigenvalue weighted by Gasteiger charge is 2.38. The van der Waals surface area contributed by atoms with Crippen LogP contribution in [0.2, 0.25) is 0 Å². The van der Waals surface area contributed by atoms with Gasteiger partial charge in [-0.1, -0.05) is 38.3 Å². The summed E-state index contributed by atoms with van der Waals surface area (Å²) in [4.78, 5) is 0. The molecule has 0 aliphatic heterocycles. The van der Waals surface area contributed by atoms with Gasteiger partial charge in [-0.15, -0.1) is 0 Å². The van der Waals surface area contributed by atoms with Crippen LogP contribution in [0, 0.1) is 29.6 Å². The van der Waals surface area contributed by atoms with Gasteiger partial charge in [0.15, 0.2) is 0 Å². The largest absolute Gasteiger partial charge is 0.494 e. The zero-order chi connectivity index (χ0) is 20.8. The number of allylic oxidation sites excluding steroid dienone is 1. The fourth-order valence-electron chi connectivity index (χ4n) is 6.64. The molecule has 0 radical (unpaired) electrons. The lowest BCUT2D eigenvalue weighted by Gasteiger charge is -2.44. The Hall–Kier alpha value is -1.31. The van der Waals surface area contributed by atoms with Crippen LogP contribution in [0.25, 0.3) is 0 Å². The molecule has 5 unspecified atom stereocenters. The minimum atomic E-state index is 0.498. The molecule has 2 saturated carbocycles. The summed E-state index contributed by atoms with van der Waals surface area (Å²) in [6, 6.07) is 6.88. The second kappa shape index (κ2) is 10.8. The predicted octanol–water partition coefficient (Wildman–Crippen LogP) is 8.07. The number of benzene rings is 1. The Balaban J connectivity index is 1.27. The van der Waals surface area contributed by atoms with Gasteiger partial charge in [0, 0.05) is 0 Å². The molecule has 0 bridgehead atoms. The van der Waals surface area contributed by atoms with Gasteiger partial charge in [0.1, 0.15) is 5.75 Å². The van der Waals surface area contributed by atoms with Crippen molar-refractivity contribution in [2.24, 2.45) is 29.6 Å². The van der Waals surface area contributed by atoms with Gasteiger partial charge in [0.05, 0.1) is 12.9 Å². The average Bonchev–Trinajstić information content (AvgIpc) is 2.78. The minimum Gasteiger partial charge on any atom is -0.494 e. The number of halogens is 1. The molecule has 0 saturated heterocycles. The van der Waals surface area contributed by atoms with Gasteiger partial charge >= 0.3 is 0 Å². The molecule has 0 heterocycles. The first-order valence-corrected chi connectivity index (χ1v) is 12.8. The summed E-state index contributed by atoms with van der Waals surface area (Å²) < 4.78 is 18.6. The van der Waals surface area contributed by atoms with Crippen molar-refractivity contribution in [2.75, 3.05) is 6.61 Å². The maximum atomic E-state index is 12.6. The molecule has 30 heavy (non-hydrogen) atoms. The van der Waals surface area contributed by atoms with Crippen molar-refractivity contribution in [3.8, 4) is 5.75 Å². The molecular weight excluding hydrogens is 371 g/mol. The Bertz CT molecular complexity index is 696. The lowest BCUT2D eigenvalue weighted by Crippen LogP contribution is -2.34. The third-order valence-electron chi connectivity index (χ3n) is 8.42. The number of hydrogen-bond donors (Lipinski definition) is 0. The van der Waals surface area contributed by atoms with Crippen molar-refractivity contribution in [1.29, 1.82) is 0 Å². The molecule has 5 atom stereocenters. The number of aryl methyl sites for hydroxylation is 1. The van der Waals surface area contributed by atoms with E-state index in [0.29, 0.717) is 5.92 Å². The van der Waals surface area contributed by atoms with Gasteiger partial charge in [0.2, 0.25) is 0 Å². The summed E-state index contributed by atoms with van der Waals surface area (Å²) in [5.41, 5.74) is 3.10. The van der Waals surface area contributed by atoms with E-state index in [1.54, 1.807) is 5.56 Å². The number of hydrogen-bond acceptors (Lipinski definition) is 1. The number of rotatable bonds is 8. The second-order valence-corrected chi connectivity index (χ2v) is 10.3. The van der Waals surface area contributed by atoms with Crippen LogP contribution in [0.15, 0.2) is 30.6 Å². The monoisotopic (exact) mass is 412 g/mol. The molecule has 2 heteroatoms. The van der Waals surface area contributed by atoms with Gasteiger partial charge in [-0.2, -0.15) is 0 Å². The molecule has 3 aliphatic carbocycles. The summed E-state index contributed by atoms with van der Waals surface area (Å²) in [5, 5.41) is 0. The number of unbranched alkanes of at least 4 members (excludes halogenated alkanes) is 3.